The molecule has 2 N–H and O–H groups in total. The number of benzene rings is 2. The Morgan fingerprint density at radius 2 is 1.70 bits per heavy atom. The van der Waals surface area contributed by atoms with E-state index in [1.807, 2.05) is 54.6 Å². The largest absolute Gasteiger partial charge is 0.324 e. The van der Waals surface area contributed by atoms with Crippen molar-refractivity contribution in [2.45, 2.75) is 13.0 Å². The Labute approximate surface area is 165 Å². The lowest BCUT2D eigenvalue weighted by Gasteiger charge is -2.24. The van der Waals surface area contributed by atoms with Gasteiger partial charge in [-0.3, -0.25) is 10.1 Å². The molecule has 1 aliphatic heterocycles. The number of allylic oxidation sites excluding steroid dienone is 1. The average Bonchev–Trinajstić information content (AvgIpc) is 3.03. The Bertz CT molecular complexity index is 1030. The van der Waals surface area contributed by atoms with Crippen LogP contribution in [0.3, 0.4) is 0 Å². The molecule has 1 aromatic heterocycles. The third-order valence-corrected chi connectivity index (χ3v) is 4.62. The normalized spacial score (nSPS) is 15.5. The van der Waals surface area contributed by atoms with E-state index in [9.17, 15) is 4.79 Å². The van der Waals surface area contributed by atoms with Gasteiger partial charge in [0.2, 0.25) is 11.9 Å². The minimum Gasteiger partial charge on any atom is -0.324 e. The van der Waals surface area contributed by atoms with Crippen molar-refractivity contribution in [2.24, 2.45) is 0 Å². The number of hydrogen-bond acceptors (Lipinski definition) is 4. The number of hydrogen-bond donors (Lipinski definition) is 2. The summed E-state index contributed by atoms with van der Waals surface area (Å²) in [5.74, 6) is 0.549. The molecule has 1 amide bonds. The van der Waals surface area contributed by atoms with Crippen LogP contribution in [0.25, 0.3) is 5.70 Å². The number of carbonyl (C=O) groups is 1. The number of aromatic nitrogens is 3. The fourth-order valence-electron chi connectivity index (χ4n) is 2.90. The summed E-state index contributed by atoms with van der Waals surface area (Å²) < 4.78 is 1.73. The van der Waals surface area contributed by atoms with Gasteiger partial charge in [0, 0.05) is 22.7 Å². The third-order valence-electron chi connectivity index (χ3n) is 4.12. The van der Waals surface area contributed by atoms with E-state index in [1.165, 1.54) is 6.92 Å². The average molecular weight is 400 g/mol. The van der Waals surface area contributed by atoms with Gasteiger partial charge in [0.15, 0.2) is 0 Å². The van der Waals surface area contributed by atoms with E-state index in [-0.39, 0.29) is 17.9 Å². The van der Waals surface area contributed by atoms with Crippen molar-refractivity contribution < 1.29 is 4.79 Å². The first kappa shape index (κ1) is 17.6. The molecule has 4 rings (SSSR count). The van der Waals surface area contributed by atoms with Crippen molar-refractivity contribution in [1.29, 1.82) is 0 Å². The minimum atomic E-state index is -0.230. The number of fused-ring (bicyclic) bond motifs is 1. The van der Waals surface area contributed by atoms with Crippen LogP contribution in [0.15, 0.2) is 54.6 Å². The lowest BCUT2D eigenvalue weighted by atomic mass is 10.0. The summed E-state index contributed by atoms with van der Waals surface area (Å²) in [6.45, 7) is 1.42. The van der Waals surface area contributed by atoms with Crippen molar-refractivity contribution >= 4 is 46.7 Å². The first-order chi connectivity index (χ1) is 13.0. The zero-order valence-electron chi connectivity index (χ0n) is 14.3. The zero-order chi connectivity index (χ0) is 19.0. The summed E-state index contributed by atoms with van der Waals surface area (Å²) in [4.78, 5) is 15.8. The molecule has 1 aliphatic rings. The molecule has 0 unspecified atom stereocenters. The lowest BCUT2D eigenvalue weighted by Crippen LogP contribution is -2.20. The molecule has 0 aliphatic carbocycles. The molecule has 2 aromatic carbocycles. The van der Waals surface area contributed by atoms with Gasteiger partial charge in [-0.05, 0) is 41.5 Å². The van der Waals surface area contributed by atoms with E-state index in [0.717, 1.165) is 16.8 Å². The van der Waals surface area contributed by atoms with Crippen LogP contribution < -0.4 is 10.6 Å². The van der Waals surface area contributed by atoms with Gasteiger partial charge in [-0.2, -0.15) is 4.98 Å². The second kappa shape index (κ2) is 7.06. The maximum Gasteiger partial charge on any atom is 0.250 e. The number of halogens is 2. The summed E-state index contributed by atoms with van der Waals surface area (Å²) in [7, 11) is 0. The molecular weight excluding hydrogens is 385 g/mol. The maximum atomic E-state index is 11.4. The van der Waals surface area contributed by atoms with Crippen LogP contribution in [-0.2, 0) is 4.79 Å². The molecule has 1 atom stereocenters. The van der Waals surface area contributed by atoms with Gasteiger partial charge in [0.05, 0.1) is 0 Å². The van der Waals surface area contributed by atoms with Crippen molar-refractivity contribution in [1.82, 2.24) is 14.8 Å². The Balaban J connectivity index is 1.79. The smallest absolute Gasteiger partial charge is 0.250 e. The quantitative estimate of drug-likeness (QED) is 0.674. The van der Waals surface area contributed by atoms with E-state index < -0.39 is 0 Å². The second-order valence-corrected chi connectivity index (χ2v) is 6.97. The summed E-state index contributed by atoms with van der Waals surface area (Å²) in [6.07, 6.45) is 2.05. The molecule has 2 heterocycles. The molecule has 0 fully saturated rings. The summed E-state index contributed by atoms with van der Waals surface area (Å²) >= 11 is 12.0. The van der Waals surface area contributed by atoms with Crippen LogP contribution >= 0.6 is 23.2 Å². The van der Waals surface area contributed by atoms with Gasteiger partial charge in [0.25, 0.3) is 5.95 Å². The van der Waals surface area contributed by atoms with Crippen LogP contribution in [0.1, 0.15) is 24.1 Å². The van der Waals surface area contributed by atoms with Crippen molar-refractivity contribution in [2.75, 3.05) is 10.6 Å². The molecule has 0 radical (unpaired) electrons. The molecule has 0 saturated heterocycles. The van der Waals surface area contributed by atoms with Crippen LogP contribution in [0.4, 0.5) is 11.9 Å². The Morgan fingerprint density at radius 1 is 1.07 bits per heavy atom. The summed E-state index contributed by atoms with van der Waals surface area (Å²) in [5, 5.41) is 11.6. The first-order valence-corrected chi connectivity index (χ1v) is 8.99. The number of amides is 1. The number of nitrogens with zero attached hydrogens (tertiary/aromatic N) is 3. The molecule has 0 saturated carbocycles. The van der Waals surface area contributed by atoms with Gasteiger partial charge in [0.1, 0.15) is 6.04 Å². The first-order valence-electron chi connectivity index (χ1n) is 8.24. The zero-order valence-corrected chi connectivity index (χ0v) is 15.8. The van der Waals surface area contributed by atoms with Crippen molar-refractivity contribution in [3.8, 4) is 0 Å². The van der Waals surface area contributed by atoms with E-state index in [1.54, 1.807) is 4.68 Å². The van der Waals surface area contributed by atoms with Crippen LogP contribution in [0, 0.1) is 0 Å². The molecule has 136 valence electrons. The van der Waals surface area contributed by atoms with Gasteiger partial charge in [-0.15, -0.1) is 5.10 Å². The van der Waals surface area contributed by atoms with E-state index in [2.05, 4.69) is 20.7 Å². The van der Waals surface area contributed by atoms with Crippen molar-refractivity contribution in [3.05, 3.63) is 75.8 Å². The van der Waals surface area contributed by atoms with Gasteiger partial charge < -0.3 is 5.32 Å². The number of anilines is 2. The highest BCUT2D eigenvalue weighted by atomic mass is 35.5. The van der Waals surface area contributed by atoms with E-state index in [4.69, 9.17) is 23.2 Å². The van der Waals surface area contributed by atoms with Crippen LogP contribution in [0.5, 0.6) is 0 Å². The molecule has 27 heavy (non-hydrogen) atoms. The van der Waals surface area contributed by atoms with Crippen molar-refractivity contribution in [3.63, 3.8) is 0 Å². The van der Waals surface area contributed by atoms with Gasteiger partial charge >= 0.3 is 0 Å². The predicted molar refractivity (Wildman–Crippen MR) is 107 cm³/mol. The van der Waals surface area contributed by atoms with Gasteiger partial charge in [-0.1, -0.05) is 47.5 Å². The van der Waals surface area contributed by atoms with E-state index in [0.29, 0.717) is 16.0 Å². The molecule has 0 bridgehead atoms. The third kappa shape index (κ3) is 3.67. The topological polar surface area (TPSA) is 71.8 Å². The number of rotatable bonds is 3. The second-order valence-electron chi connectivity index (χ2n) is 6.09. The Hall–Kier alpha value is -2.83. The standard InChI is InChI=1S/C19H15Cl2N5O/c1-11(27)22-18-24-19-23-16(12-2-6-14(20)7-3-12)10-17(26(19)25-18)13-4-8-15(21)9-5-13/h2-10,17H,1H3,(H2,22,23,24,25,27)/t17-/m1/s1. The fourth-order valence-corrected chi connectivity index (χ4v) is 3.15. The van der Waals surface area contributed by atoms with E-state index >= 15 is 0 Å². The summed E-state index contributed by atoms with van der Waals surface area (Å²) in [5.41, 5.74) is 2.84. The number of nitrogens with one attached hydrogen (secondary N) is 2. The molecule has 8 heteroatoms. The highest BCUT2D eigenvalue weighted by molar-refractivity contribution is 6.30. The molecule has 0 spiro atoms. The van der Waals surface area contributed by atoms with Crippen LogP contribution in [0.2, 0.25) is 10.0 Å². The minimum absolute atomic E-state index is 0.209. The predicted octanol–water partition coefficient (Wildman–Crippen LogP) is 4.60. The molecule has 3 aromatic rings. The highest BCUT2D eigenvalue weighted by Crippen LogP contribution is 2.33. The monoisotopic (exact) mass is 399 g/mol. The highest BCUT2D eigenvalue weighted by Gasteiger charge is 2.25. The Kier molecular flexibility index (Phi) is 4.59. The lowest BCUT2D eigenvalue weighted by molar-refractivity contribution is -0.114. The Morgan fingerprint density at radius 3 is 2.33 bits per heavy atom. The summed E-state index contributed by atoms with van der Waals surface area (Å²) in [6, 6.07) is 14.9. The van der Waals surface area contributed by atoms with Gasteiger partial charge in [-0.25, -0.2) is 4.68 Å². The fraction of sp³-hybridized carbons (Fsp3) is 0.105. The molecule has 6 nitrogen and oxygen atoms in total. The number of carbonyl (C=O) groups excluding carboxylic acids is 1. The SMILES string of the molecule is CC(=O)Nc1nc2n(n1)[C@@H](c1ccc(Cl)cc1)C=C(c1ccc(Cl)cc1)N2. The van der Waals surface area contributed by atoms with Crippen LogP contribution in [-0.4, -0.2) is 20.7 Å². The molecular formula is C19H15Cl2N5O. The maximum absolute atomic E-state index is 11.4.